The first kappa shape index (κ1) is 9.29. The molecule has 0 aliphatic heterocycles. The number of rotatable bonds is 0. The SMILES string of the molecule is N=CN.Nc1ccc(N)cc1. The summed E-state index contributed by atoms with van der Waals surface area (Å²) in [5, 5.41) is 5.86. The van der Waals surface area contributed by atoms with E-state index in [1.54, 1.807) is 24.3 Å². The molecule has 0 unspecified atom stereocenters. The lowest BCUT2D eigenvalue weighted by molar-refractivity contribution is 1.52. The number of benzene rings is 1. The highest BCUT2D eigenvalue weighted by molar-refractivity contribution is 5.47. The van der Waals surface area contributed by atoms with E-state index in [1.165, 1.54) is 0 Å². The molecule has 0 atom stereocenters. The van der Waals surface area contributed by atoms with Gasteiger partial charge in [-0.15, -0.1) is 0 Å². The van der Waals surface area contributed by atoms with Gasteiger partial charge >= 0.3 is 0 Å². The number of anilines is 2. The van der Waals surface area contributed by atoms with Crippen LogP contribution in [0.5, 0.6) is 0 Å². The second-order valence-electron chi connectivity index (χ2n) is 1.83. The summed E-state index contributed by atoms with van der Waals surface area (Å²) in [6.45, 7) is 0. The van der Waals surface area contributed by atoms with Crippen LogP contribution >= 0.6 is 0 Å². The van der Waals surface area contributed by atoms with E-state index < -0.39 is 0 Å². The number of hydrogen-bond acceptors (Lipinski definition) is 3. The summed E-state index contributed by atoms with van der Waals surface area (Å²) >= 11 is 0. The highest BCUT2D eigenvalue weighted by Gasteiger charge is 1.80. The first-order valence-corrected chi connectivity index (χ1v) is 3.02. The fourth-order valence-electron chi connectivity index (χ4n) is 0.496. The lowest BCUT2D eigenvalue weighted by Crippen LogP contribution is -1.86. The largest absolute Gasteiger partial charge is 0.399 e. The van der Waals surface area contributed by atoms with Gasteiger partial charge in [0.2, 0.25) is 0 Å². The van der Waals surface area contributed by atoms with E-state index in [4.69, 9.17) is 16.9 Å². The van der Waals surface area contributed by atoms with Crippen molar-refractivity contribution in [3.05, 3.63) is 24.3 Å². The number of nitrogens with two attached hydrogens (primary N) is 3. The Morgan fingerprint density at radius 3 is 1.36 bits per heavy atom. The lowest BCUT2D eigenvalue weighted by atomic mass is 10.3. The second kappa shape index (κ2) is 5.10. The maximum absolute atomic E-state index is 5.86. The Balaban J connectivity index is 0.000000292. The molecule has 1 aromatic rings. The van der Waals surface area contributed by atoms with Gasteiger partial charge in [0, 0.05) is 11.4 Å². The molecule has 0 aliphatic carbocycles. The van der Waals surface area contributed by atoms with E-state index in [0.717, 1.165) is 17.7 Å². The molecule has 60 valence electrons. The van der Waals surface area contributed by atoms with Gasteiger partial charge in [-0.3, -0.25) is 5.41 Å². The minimum absolute atomic E-state index is 0.749. The summed E-state index contributed by atoms with van der Waals surface area (Å²) < 4.78 is 0. The third kappa shape index (κ3) is 4.77. The summed E-state index contributed by atoms with van der Waals surface area (Å²) in [4.78, 5) is 0. The Labute approximate surface area is 65.5 Å². The van der Waals surface area contributed by atoms with Crippen molar-refractivity contribution < 1.29 is 0 Å². The molecule has 0 radical (unpaired) electrons. The maximum Gasteiger partial charge on any atom is 0.0765 e. The standard InChI is InChI=1S/C6H8N2.CH4N2/c7-5-1-2-6(8)4-3-5;2-1-3/h1-4H,7-8H2;1H,(H3,2,3). The predicted octanol–water partition coefficient (Wildman–Crippen LogP) is 0.403. The molecule has 0 bridgehead atoms. The zero-order valence-corrected chi connectivity index (χ0v) is 6.12. The van der Waals surface area contributed by atoms with E-state index >= 15 is 0 Å². The zero-order valence-electron chi connectivity index (χ0n) is 6.12. The average Bonchev–Trinajstić information content (AvgIpc) is 1.97. The van der Waals surface area contributed by atoms with Crippen molar-refractivity contribution in [2.75, 3.05) is 11.5 Å². The third-order valence-corrected chi connectivity index (χ3v) is 0.936. The second-order valence-corrected chi connectivity index (χ2v) is 1.83. The van der Waals surface area contributed by atoms with Crippen LogP contribution in [-0.2, 0) is 0 Å². The minimum atomic E-state index is 0.749. The minimum Gasteiger partial charge on any atom is -0.399 e. The molecule has 0 fully saturated rings. The molecular formula is C7H12N4. The zero-order chi connectivity index (χ0) is 8.69. The molecule has 0 heterocycles. The first-order valence-electron chi connectivity index (χ1n) is 3.02. The normalized spacial score (nSPS) is 7.64. The molecular weight excluding hydrogens is 140 g/mol. The van der Waals surface area contributed by atoms with Gasteiger partial charge in [0.05, 0.1) is 6.34 Å². The average molecular weight is 152 g/mol. The van der Waals surface area contributed by atoms with Crippen molar-refractivity contribution in [2.45, 2.75) is 0 Å². The smallest absolute Gasteiger partial charge is 0.0765 e. The molecule has 4 nitrogen and oxygen atoms in total. The number of hydrogen-bond donors (Lipinski definition) is 4. The van der Waals surface area contributed by atoms with Crippen LogP contribution in [0.2, 0.25) is 0 Å². The van der Waals surface area contributed by atoms with Gasteiger partial charge < -0.3 is 17.2 Å². The van der Waals surface area contributed by atoms with Crippen molar-refractivity contribution >= 4 is 17.7 Å². The Morgan fingerprint density at radius 1 is 1.00 bits per heavy atom. The molecule has 4 heteroatoms. The predicted molar refractivity (Wildman–Crippen MR) is 48.2 cm³/mol. The first-order chi connectivity index (χ1) is 5.20. The van der Waals surface area contributed by atoms with Gasteiger partial charge in [-0.05, 0) is 24.3 Å². The number of nitrogens with one attached hydrogen (secondary N) is 1. The summed E-state index contributed by atoms with van der Waals surface area (Å²) in [5.41, 5.74) is 16.6. The quantitative estimate of drug-likeness (QED) is 0.246. The van der Waals surface area contributed by atoms with E-state index in [-0.39, 0.29) is 0 Å². The van der Waals surface area contributed by atoms with Gasteiger partial charge in [-0.25, -0.2) is 0 Å². The Kier molecular flexibility index (Phi) is 4.31. The third-order valence-electron chi connectivity index (χ3n) is 0.936. The van der Waals surface area contributed by atoms with E-state index in [1.807, 2.05) is 0 Å². The number of nitrogen functional groups attached to an aromatic ring is 2. The van der Waals surface area contributed by atoms with Crippen LogP contribution in [-0.4, -0.2) is 6.34 Å². The van der Waals surface area contributed by atoms with E-state index in [2.05, 4.69) is 5.73 Å². The molecule has 1 rings (SSSR count). The highest BCUT2D eigenvalue weighted by atomic mass is 14.6. The monoisotopic (exact) mass is 152 g/mol. The van der Waals surface area contributed by atoms with Crippen LogP contribution in [0, 0.1) is 5.41 Å². The van der Waals surface area contributed by atoms with Crippen molar-refractivity contribution in [2.24, 2.45) is 5.73 Å². The van der Waals surface area contributed by atoms with Crippen LogP contribution in [0.3, 0.4) is 0 Å². The molecule has 0 spiro atoms. The van der Waals surface area contributed by atoms with Gasteiger partial charge in [0.25, 0.3) is 0 Å². The molecule has 0 amide bonds. The fourth-order valence-corrected chi connectivity index (χ4v) is 0.496. The van der Waals surface area contributed by atoms with Gasteiger partial charge in [0.15, 0.2) is 0 Å². The molecule has 7 N–H and O–H groups in total. The van der Waals surface area contributed by atoms with Gasteiger partial charge in [-0.1, -0.05) is 0 Å². The Hall–Kier alpha value is -1.71. The summed E-state index contributed by atoms with van der Waals surface area (Å²) in [6, 6.07) is 7.09. The molecule has 1 aromatic carbocycles. The molecule has 11 heavy (non-hydrogen) atoms. The van der Waals surface area contributed by atoms with Gasteiger partial charge in [0.1, 0.15) is 0 Å². The van der Waals surface area contributed by atoms with E-state index in [9.17, 15) is 0 Å². The summed E-state index contributed by atoms with van der Waals surface area (Å²) in [5.74, 6) is 0. The topological polar surface area (TPSA) is 102 Å². The van der Waals surface area contributed by atoms with E-state index in [0.29, 0.717) is 0 Å². The maximum atomic E-state index is 5.86. The van der Waals surface area contributed by atoms with Crippen molar-refractivity contribution in [1.29, 1.82) is 5.41 Å². The molecule has 0 saturated carbocycles. The van der Waals surface area contributed by atoms with Crippen molar-refractivity contribution in [1.82, 2.24) is 0 Å². The summed E-state index contributed by atoms with van der Waals surface area (Å²) in [7, 11) is 0. The molecule has 0 aliphatic rings. The van der Waals surface area contributed by atoms with Crippen LogP contribution in [0.4, 0.5) is 11.4 Å². The summed E-state index contributed by atoms with van der Waals surface area (Å²) in [6.07, 6.45) is 0.750. The Bertz CT molecular complexity index is 183. The van der Waals surface area contributed by atoms with Crippen LogP contribution < -0.4 is 17.2 Å². The molecule has 0 saturated heterocycles. The van der Waals surface area contributed by atoms with Gasteiger partial charge in [-0.2, -0.15) is 0 Å². The Morgan fingerprint density at radius 2 is 1.18 bits per heavy atom. The lowest BCUT2D eigenvalue weighted by Gasteiger charge is -1.90. The van der Waals surface area contributed by atoms with Crippen LogP contribution in [0.15, 0.2) is 24.3 Å². The fraction of sp³-hybridized carbons (Fsp3) is 0. The van der Waals surface area contributed by atoms with Crippen LogP contribution in [0.1, 0.15) is 0 Å². The molecule has 0 aromatic heterocycles. The van der Waals surface area contributed by atoms with Crippen LogP contribution in [0.25, 0.3) is 0 Å². The van der Waals surface area contributed by atoms with Crippen molar-refractivity contribution in [3.8, 4) is 0 Å². The van der Waals surface area contributed by atoms with Crippen molar-refractivity contribution in [3.63, 3.8) is 0 Å². The highest BCUT2D eigenvalue weighted by Crippen LogP contribution is 2.04.